The van der Waals surface area contributed by atoms with Gasteiger partial charge < -0.3 is 10.1 Å². The maximum Gasteiger partial charge on any atom is 0.107 e. The Labute approximate surface area is 120 Å². The summed E-state index contributed by atoms with van der Waals surface area (Å²) in [6.45, 7) is 4.01. The monoisotopic (exact) mass is 337 g/mol. The fraction of sp³-hybridized carbons (Fsp3) is 0.667. The summed E-state index contributed by atoms with van der Waals surface area (Å²) in [5.74, 6) is 0. The van der Waals surface area contributed by atoms with Crippen molar-refractivity contribution in [3.63, 3.8) is 0 Å². The first-order valence-corrected chi connectivity index (χ1v) is 7.99. The molecule has 0 amide bonds. The highest BCUT2D eigenvalue weighted by Gasteiger charge is 2.23. The molecule has 2 heterocycles. The van der Waals surface area contributed by atoms with Gasteiger partial charge in [0, 0.05) is 22.0 Å². The summed E-state index contributed by atoms with van der Waals surface area (Å²) in [7, 11) is 0. The zero-order valence-electron chi connectivity index (χ0n) is 9.84. The van der Waals surface area contributed by atoms with Gasteiger partial charge in [-0.15, -0.1) is 11.3 Å². The molecule has 0 saturated carbocycles. The van der Waals surface area contributed by atoms with Crippen molar-refractivity contribution >= 4 is 38.9 Å². The van der Waals surface area contributed by atoms with Crippen LogP contribution in [0, 0.1) is 0 Å². The van der Waals surface area contributed by atoms with Gasteiger partial charge in [-0.25, -0.2) is 0 Å². The van der Waals surface area contributed by atoms with E-state index in [0.717, 1.165) is 28.4 Å². The SMILES string of the molecule is CCNC(CC1CCCO1)c1cc(Br)c(Cl)s1. The molecule has 1 aromatic rings. The first-order valence-electron chi connectivity index (χ1n) is 6.00. The molecular weight excluding hydrogens is 322 g/mol. The number of rotatable bonds is 5. The molecule has 1 N–H and O–H groups in total. The van der Waals surface area contributed by atoms with Crippen LogP contribution in [0.25, 0.3) is 0 Å². The molecule has 1 aliphatic heterocycles. The van der Waals surface area contributed by atoms with Crippen LogP contribution in [0.2, 0.25) is 4.34 Å². The van der Waals surface area contributed by atoms with Crippen molar-refractivity contribution in [2.24, 2.45) is 0 Å². The number of hydrogen-bond donors (Lipinski definition) is 1. The average Bonchev–Trinajstić information content (AvgIpc) is 2.90. The average molecular weight is 339 g/mol. The molecule has 2 rings (SSSR count). The molecule has 2 nitrogen and oxygen atoms in total. The predicted molar refractivity (Wildman–Crippen MR) is 77.0 cm³/mol. The van der Waals surface area contributed by atoms with E-state index in [4.69, 9.17) is 16.3 Å². The van der Waals surface area contributed by atoms with E-state index in [2.05, 4.69) is 34.2 Å². The van der Waals surface area contributed by atoms with Crippen molar-refractivity contribution in [3.05, 3.63) is 19.8 Å². The quantitative estimate of drug-likeness (QED) is 0.860. The standard InChI is InChI=1S/C12H17BrClNOS/c1-2-15-10(6-8-4-3-5-16-8)11-7-9(13)12(14)17-11/h7-8,10,15H,2-6H2,1H3. The molecule has 96 valence electrons. The minimum absolute atomic E-state index is 0.358. The van der Waals surface area contributed by atoms with Crippen molar-refractivity contribution in [2.75, 3.05) is 13.2 Å². The van der Waals surface area contributed by atoms with E-state index < -0.39 is 0 Å². The number of nitrogens with one attached hydrogen (secondary N) is 1. The molecule has 2 atom stereocenters. The zero-order valence-corrected chi connectivity index (χ0v) is 13.0. The van der Waals surface area contributed by atoms with Gasteiger partial charge in [-0.3, -0.25) is 0 Å². The smallest absolute Gasteiger partial charge is 0.107 e. The Bertz CT molecular complexity index is 346. The molecule has 17 heavy (non-hydrogen) atoms. The van der Waals surface area contributed by atoms with Crippen molar-refractivity contribution in [2.45, 2.75) is 38.3 Å². The lowest BCUT2D eigenvalue weighted by atomic mass is 10.1. The van der Waals surface area contributed by atoms with Crippen LogP contribution in [0.4, 0.5) is 0 Å². The van der Waals surface area contributed by atoms with Gasteiger partial charge in [0.1, 0.15) is 4.34 Å². The third-order valence-electron chi connectivity index (χ3n) is 2.98. The molecule has 1 aliphatic rings. The van der Waals surface area contributed by atoms with Gasteiger partial charge in [-0.1, -0.05) is 18.5 Å². The molecule has 1 saturated heterocycles. The Morgan fingerprint density at radius 3 is 3.06 bits per heavy atom. The molecule has 0 bridgehead atoms. The molecule has 0 spiro atoms. The fourth-order valence-electron chi connectivity index (χ4n) is 2.17. The Morgan fingerprint density at radius 1 is 1.71 bits per heavy atom. The molecule has 0 aromatic carbocycles. The van der Waals surface area contributed by atoms with Crippen molar-refractivity contribution in [3.8, 4) is 0 Å². The largest absolute Gasteiger partial charge is 0.378 e. The Morgan fingerprint density at radius 2 is 2.53 bits per heavy atom. The lowest BCUT2D eigenvalue weighted by Gasteiger charge is -2.19. The van der Waals surface area contributed by atoms with E-state index in [1.165, 1.54) is 17.7 Å². The van der Waals surface area contributed by atoms with Gasteiger partial charge in [-0.2, -0.15) is 0 Å². The fourth-order valence-corrected chi connectivity index (χ4v) is 4.00. The van der Waals surface area contributed by atoms with E-state index in [-0.39, 0.29) is 0 Å². The minimum atomic E-state index is 0.358. The van der Waals surface area contributed by atoms with Crippen LogP contribution < -0.4 is 5.32 Å². The Kier molecular flexibility index (Phi) is 5.30. The predicted octanol–water partition coefficient (Wildman–Crippen LogP) is 4.38. The lowest BCUT2D eigenvalue weighted by molar-refractivity contribution is 0.0951. The molecular formula is C12H17BrClNOS. The Balaban J connectivity index is 2.04. The number of ether oxygens (including phenoxy) is 1. The minimum Gasteiger partial charge on any atom is -0.378 e. The molecule has 1 aromatic heterocycles. The van der Waals surface area contributed by atoms with E-state index in [0.29, 0.717) is 12.1 Å². The van der Waals surface area contributed by atoms with Crippen molar-refractivity contribution in [1.82, 2.24) is 5.32 Å². The van der Waals surface area contributed by atoms with Gasteiger partial charge in [0.05, 0.1) is 6.10 Å². The molecule has 0 radical (unpaired) electrons. The summed E-state index contributed by atoms with van der Waals surface area (Å²) in [5, 5.41) is 3.52. The lowest BCUT2D eigenvalue weighted by Crippen LogP contribution is -2.24. The zero-order chi connectivity index (χ0) is 12.3. The first-order chi connectivity index (χ1) is 8.20. The number of halogens is 2. The highest BCUT2D eigenvalue weighted by molar-refractivity contribution is 9.10. The second-order valence-electron chi connectivity index (χ2n) is 4.25. The maximum absolute atomic E-state index is 6.10. The second-order valence-corrected chi connectivity index (χ2v) is 6.79. The van der Waals surface area contributed by atoms with Crippen LogP contribution in [0.15, 0.2) is 10.5 Å². The van der Waals surface area contributed by atoms with E-state index in [9.17, 15) is 0 Å². The van der Waals surface area contributed by atoms with Gasteiger partial charge >= 0.3 is 0 Å². The van der Waals surface area contributed by atoms with Crippen molar-refractivity contribution < 1.29 is 4.74 Å². The molecule has 1 fully saturated rings. The van der Waals surface area contributed by atoms with Gasteiger partial charge in [-0.05, 0) is 47.8 Å². The third-order valence-corrected chi connectivity index (χ3v) is 5.57. The second kappa shape index (κ2) is 6.53. The normalized spacial score (nSPS) is 21.9. The summed E-state index contributed by atoms with van der Waals surface area (Å²) in [6.07, 6.45) is 3.82. The van der Waals surface area contributed by atoms with Crippen LogP contribution in [0.5, 0.6) is 0 Å². The van der Waals surface area contributed by atoms with Crippen LogP contribution in [0.3, 0.4) is 0 Å². The summed E-state index contributed by atoms with van der Waals surface area (Å²) in [5.41, 5.74) is 0. The maximum atomic E-state index is 6.10. The Hall–Kier alpha value is 0.390. The molecule has 0 aliphatic carbocycles. The first kappa shape index (κ1) is 13.8. The van der Waals surface area contributed by atoms with E-state index >= 15 is 0 Å². The number of thiophene rings is 1. The van der Waals surface area contributed by atoms with Crippen molar-refractivity contribution in [1.29, 1.82) is 0 Å². The van der Waals surface area contributed by atoms with E-state index in [1.807, 2.05) is 0 Å². The van der Waals surface area contributed by atoms with Crippen LogP contribution in [-0.2, 0) is 4.74 Å². The van der Waals surface area contributed by atoms with Crippen LogP contribution >= 0.6 is 38.9 Å². The summed E-state index contributed by atoms with van der Waals surface area (Å²) >= 11 is 11.2. The van der Waals surface area contributed by atoms with Gasteiger partial charge in [0.2, 0.25) is 0 Å². The summed E-state index contributed by atoms with van der Waals surface area (Å²) < 4.78 is 7.53. The van der Waals surface area contributed by atoms with Gasteiger partial charge in [0.25, 0.3) is 0 Å². The van der Waals surface area contributed by atoms with Gasteiger partial charge in [0.15, 0.2) is 0 Å². The summed E-state index contributed by atoms with van der Waals surface area (Å²) in [4.78, 5) is 1.29. The highest BCUT2D eigenvalue weighted by atomic mass is 79.9. The molecule has 5 heteroatoms. The highest BCUT2D eigenvalue weighted by Crippen LogP contribution is 2.37. The van der Waals surface area contributed by atoms with Crippen LogP contribution in [-0.4, -0.2) is 19.3 Å². The van der Waals surface area contributed by atoms with E-state index in [1.54, 1.807) is 11.3 Å². The summed E-state index contributed by atoms with van der Waals surface area (Å²) in [6, 6.07) is 2.48. The molecule has 2 unspecified atom stereocenters. The van der Waals surface area contributed by atoms with Crippen LogP contribution in [0.1, 0.15) is 37.1 Å². The number of hydrogen-bond acceptors (Lipinski definition) is 3. The topological polar surface area (TPSA) is 21.3 Å². The third kappa shape index (κ3) is 3.67.